The minimum absolute atomic E-state index is 0.000136. The molecule has 4 aromatic rings. The third kappa shape index (κ3) is 9.02. The summed E-state index contributed by atoms with van der Waals surface area (Å²) in [6.07, 6.45) is -2.20. The molecule has 0 aromatic heterocycles. The molecule has 3 atom stereocenters. The Kier molecular flexibility index (Phi) is 10.7. The van der Waals surface area contributed by atoms with Crippen molar-refractivity contribution in [3.8, 4) is 0 Å². The predicted molar refractivity (Wildman–Crippen MR) is 176 cm³/mol. The lowest BCUT2D eigenvalue weighted by molar-refractivity contribution is -0.133. The van der Waals surface area contributed by atoms with Crippen LogP contribution in [-0.4, -0.2) is 62.3 Å². The van der Waals surface area contributed by atoms with Crippen LogP contribution in [0.15, 0.2) is 109 Å². The number of carbonyl (C=O) groups is 2. The van der Waals surface area contributed by atoms with Gasteiger partial charge in [0.2, 0.25) is 5.91 Å². The maximum absolute atomic E-state index is 14.5. The summed E-state index contributed by atoms with van der Waals surface area (Å²) in [5.74, 6) is -1.93. The number of rotatable bonds is 11. The van der Waals surface area contributed by atoms with E-state index in [0.29, 0.717) is 18.7 Å². The largest absolute Gasteiger partial charge is 0.444 e. The Morgan fingerprint density at radius 1 is 0.830 bits per heavy atom. The Labute approximate surface area is 275 Å². The van der Waals surface area contributed by atoms with Crippen molar-refractivity contribution < 1.29 is 28.2 Å². The Morgan fingerprint density at radius 3 is 1.81 bits per heavy atom. The van der Waals surface area contributed by atoms with Gasteiger partial charge in [0.25, 0.3) is 0 Å². The lowest BCUT2D eigenvalue weighted by Gasteiger charge is -2.39. The van der Waals surface area contributed by atoms with Crippen molar-refractivity contribution in [3.05, 3.63) is 143 Å². The fourth-order valence-electron chi connectivity index (χ4n) is 5.99. The second-order valence-electron chi connectivity index (χ2n) is 13.0. The van der Waals surface area contributed by atoms with Crippen LogP contribution in [0.4, 0.5) is 13.6 Å². The number of carbonyl (C=O) groups excluding carboxylic acids is 2. The van der Waals surface area contributed by atoms with Crippen molar-refractivity contribution in [3.63, 3.8) is 0 Å². The molecule has 1 N–H and O–H groups in total. The molecular weight excluding hydrogens is 600 g/mol. The molecule has 1 saturated heterocycles. The molecule has 0 saturated carbocycles. The molecule has 246 valence electrons. The summed E-state index contributed by atoms with van der Waals surface area (Å²) in [6.45, 7) is 6.05. The SMILES string of the molecule is CC(C)(C)OC(=O)N1CN(Cc2ccccc2)C(=O)[C@H]1[C@@H](O)[C@@H](Cc1cc(F)cc(F)c1)N(Cc1ccccc1)Cc1ccccc1. The number of aliphatic hydroxyl groups excluding tert-OH is 1. The van der Waals surface area contributed by atoms with E-state index in [1.54, 1.807) is 20.8 Å². The zero-order valence-electron chi connectivity index (χ0n) is 26.9. The third-order valence-corrected chi connectivity index (χ3v) is 8.08. The monoisotopic (exact) mass is 641 g/mol. The number of hydrogen-bond donors (Lipinski definition) is 1. The first-order valence-corrected chi connectivity index (χ1v) is 15.7. The van der Waals surface area contributed by atoms with Gasteiger partial charge in [-0.05, 0) is 61.6 Å². The van der Waals surface area contributed by atoms with Gasteiger partial charge >= 0.3 is 6.09 Å². The van der Waals surface area contributed by atoms with Crippen molar-refractivity contribution in [2.75, 3.05) is 6.67 Å². The molecule has 4 aromatic carbocycles. The highest BCUT2D eigenvalue weighted by molar-refractivity contribution is 5.89. The van der Waals surface area contributed by atoms with Crippen LogP contribution in [0.1, 0.15) is 43.0 Å². The normalized spacial score (nSPS) is 16.4. The maximum atomic E-state index is 14.5. The van der Waals surface area contributed by atoms with Gasteiger partial charge < -0.3 is 14.7 Å². The van der Waals surface area contributed by atoms with E-state index < -0.39 is 47.4 Å². The lowest BCUT2D eigenvalue weighted by atomic mass is 9.93. The maximum Gasteiger partial charge on any atom is 0.412 e. The molecule has 1 aliphatic rings. The zero-order chi connectivity index (χ0) is 33.6. The van der Waals surface area contributed by atoms with Crippen LogP contribution in [0.5, 0.6) is 0 Å². The molecule has 1 aliphatic heterocycles. The summed E-state index contributed by atoms with van der Waals surface area (Å²) in [5, 5.41) is 12.4. The molecule has 7 nitrogen and oxygen atoms in total. The molecular formula is C38H41F2N3O4. The van der Waals surface area contributed by atoms with E-state index in [1.807, 2.05) is 95.9 Å². The van der Waals surface area contributed by atoms with Crippen molar-refractivity contribution in [2.45, 2.75) is 70.6 Å². The fraction of sp³-hybridized carbons (Fsp3) is 0.316. The van der Waals surface area contributed by atoms with Gasteiger partial charge in [0.1, 0.15) is 29.9 Å². The zero-order valence-corrected chi connectivity index (χ0v) is 26.9. The Balaban J connectivity index is 1.57. The number of amides is 2. The van der Waals surface area contributed by atoms with E-state index in [2.05, 4.69) is 0 Å². The van der Waals surface area contributed by atoms with Crippen LogP contribution in [0.25, 0.3) is 0 Å². The summed E-state index contributed by atoms with van der Waals surface area (Å²) in [4.78, 5) is 32.6. The van der Waals surface area contributed by atoms with Crippen molar-refractivity contribution in [1.82, 2.24) is 14.7 Å². The van der Waals surface area contributed by atoms with Crippen LogP contribution < -0.4 is 0 Å². The predicted octanol–water partition coefficient (Wildman–Crippen LogP) is 6.54. The quantitative estimate of drug-likeness (QED) is 0.201. The summed E-state index contributed by atoms with van der Waals surface area (Å²) in [7, 11) is 0. The highest BCUT2D eigenvalue weighted by Gasteiger charge is 2.49. The first-order valence-electron chi connectivity index (χ1n) is 15.7. The van der Waals surface area contributed by atoms with Crippen molar-refractivity contribution >= 4 is 12.0 Å². The molecule has 0 spiro atoms. The molecule has 47 heavy (non-hydrogen) atoms. The molecule has 1 heterocycles. The number of aliphatic hydroxyl groups is 1. The van der Waals surface area contributed by atoms with Gasteiger partial charge in [-0.3, -0.25) is 14.6 Å². The van der Waals surface area contributed by atoms with Gasteiger partial charge in [0, 0.05) is 31.7 Å². The Morgan fingerprint density at radius 2 is 1.32 bits per heavy atom. The average molecular weight is 642 g/mol. The van der Waals surface area contributed by atoms with Crippen LogP contribution in [-0.2, 0) is 35.6 Å². The summed E-state index contributed by atoms with van der Waals surface area (Å²) >= 11 is 0. The minimum atomic E-state index is -1.46. The van der Waals surface area contributed by atoms with E-state index in [9.17, 15) is 23.5 Å². The van der Waals surface area contributed by atoms with Crippen LogP contribution in [0.2, 0.25) is 0 Å². The highest BCUT2D eigenvalue weighted by Crippen LogP contribution is 2.29. The summed E-state index contributed by atoms with van der Waals surface area (Å²) in [5.41, 5.74) is 2.21. The first kappa shape index (κ1) is 33.8. The highest BCUT2D eigenvalue weighted by atomic mass is 19.1. The molecule has 5 rings (SSSR count). The van der Waals surface area contributed by atoms with Gasteiger partial charge in [-0.15, -0.1) is 0 Å². The van der Waals surface area contributed by atoms with E-state index in [0.717, 1.165) is 22.8 Å². The molecule has 0 radical (unpaired) electrons. The standard InChI is InChI=1S/C38H41F2N3O4/c1-38(2,3)47-37(46)43-26-42(25-29-17-11-6-12-18-29)36(45)34(43)35(44)33(21-30-19-31(39)22-32(40)20-30)41(23-27-13-7-4-8-14-27)24-28-15-9-5-10-16-28/h4-20,22,33-35,44H,21,23-26H2,1-3H3/t33-,34-,35+/m1/s1. The molecule has 0 aliphatic carbocycles. The Hall–Kier alpha value is -4.60. The van der Waals surface area contributed by atoms with E-state index >= 15 is 0 Å². The number of benzene rings is 4. The molecule has 1 fully saturated rings. The van der Waals surface area contributed by atoms with Gasteiger partial charge in [-0.2, -0.15) is 0 Å². The minimum Gasteiger partial charge on any atom is -0.444 e. The van der Waals surface area contributed by atoms with Crippen molar-refractivity contribution in [2.24, 2.45) is 0 Å². The van der Waals surface area contributed by atoms with Crippen LogP contribution in [0, 0.1) is 11.6 Å². The van der Waals surface area contributed by atoms with Gasteiger partial charge in [0.15, 0.2) is 0 Å². The smallest absolute Gasteiger partial charge is 0.412 e. The number of hydrogen-bond acceptors (Lipinski definition) is 5. The second kappa shape index (κ2) is 14.9. The van der Waals surface area contributed by atoms with E-state index in [-0.39, 0.29) is 19.6 Å². The van der Waals surface area contributed by atoms with Gasteiger partial charge in [0.05, 0.1) is 6.10 Å². The molecule has 0 unspecified atom stereocenters. The van der Waals surface area contributed by atoms with E-state index in [4.69, 9.17) is 4.74 Å². The molecule has 9 heteroatoms. The fourth-order valence-corrected chi connectivity index (χ4v) is 5.99. The number of nitrogens with zero attached hydrogens (tertiary/aromatic N) is 3. The first-order chi connectivity index (χ1) is 22.5. The third-order valence-electron chi connectivity index (χ3n) is 8.08. The van der Waals surface area contributed by atoms with Gasteiger partial charge in [-0.25, -0.2) is 13.6 Å². The lowest BCUT2D eigenvalue weighted by Crippen LogP contribution is -2.56. The number of halogens is 2. The molecule has 2 amide bonds. The van der Waals surface area contributed by atoms with Crippen LogP contribution >= 0.6 is 0 Å². The summed E-state index contributed by atoms with van der Waals surface area (Å²) in [6, 6.07) is 29.8. The molecule has 0 bridgehead atoms. The number of ether oxygens (including phenoxy) is 1. The average Bonchev–Trinajstić information content (AvgIpc) is 3.35. The van der Waals surface area contributed by atoms with Crippen LogP contribution in [0.3, 0.4) is 0 Å². The van der Waals surface area contributed by atoms with E-state index in [1.165, 1.54) is 21.9 Å². The second-order valence-corrected chi connectivity index (χ2v) is 13.0. The van der Waals surface area contributed by atoms with Gasteiger partial charge in [-0.1, -0.05) is 91.0 Å². The Bertz CT molecular complexity index is 1570. The topological polar surface area (TPSA) is 73.3 Å². The van der Waals surface area contributed by atoms with Crippen molar-refractivity contribution in [1.29, 1.82) is 0 Å². The summed E-state index contributed by atoms with van der Waals surface area (Å²) < 4.78 is 34.7.